The lowest BCUT2D eigenvalue weighted by atomic mass is 10.6. The Bertz CT molecular complexity index is 147. The van der Waals surface area contributed by atoms with Crippen LogP contribution < -0.4 is 0 Å². The molecule has 0 amide bonds. The third-order valence-corrected chi connectivity index (χ3v) is 0.514. The van der Waals surface area contributed by atoms with Gasteiger partial charge in [0.2, 0.25) is 5.83 Å². The predicted octanol–water partition coefficient (Wildman–Crippen LogP) is 2.60. The molecule has 0 spiro atoms. The zero-order valence-corrected chi connectivity index (χ0v) is 4.83. The number of hydrogen-bond donors (Lipinski definition) is 0. The molecule has 11 heavy (non-hydrogen) atoms. The number of halogens is 6. The third kappa shape index (κ3) is 5.56. The van der Waals surface area contributed by atoms with E-state index in [0.29, 0.717) is 0 Å². The van der Waals surface area contributed by atoms with Gasteiger partial charge in [-0.3, -0.25) is 0 Å². The molecule has 0 rings (SSSR count). The van der Waals surface area contributed by atoms with Gasteiger partial charge in [-0.05, 0) is 0 Å². The summed E-state index contributed by atoms with van der Waals surface area (Å²) < 4.78 is 69.4. The van der Waals surface area contributed by atoms with E-state index in [-0.39, 0.29) is 0 Å². The predicted molar refractivity (Wildman–Crippen MR) is 22.3 cm³/mol. The maximum Gasteiger partial charge on any atom is 0.572 e. The number of allylic oxidation sites excluding steroid dienone is 1. The Morgan fingerprint density at radius 3 is 2.00 bits per heavy atom. The molecule has 0 atom stereocenters. The van der Waals surface area contributed by atoms with Crippen LogP contribution in [0, 0.1) is 0 Å². The van der Waals surface area contributed by atoms with Crippen molar-refractivity contribution in [1.29, 1.82) is 0 Å². The Morgan fingerprint density at radius 2 is 1.73 bits per heavy atom. The fraction of sp³-hybridized carbons (Fsp3) is 0.500. The standard InChI is InChI=1S/C4H2F6O/c5-2(3(6)7)1-11-4(8,9)10/h1,3H. The van der Waals surface area contributed by atoms with Gasteiger partial charge in [0.25, 0.3) is 6.43 Å². The average molecular weight is 180 g/mol. The van der Waals surface area contributed by atoms with E-state index in [2.05, 4.69) is 4.74 Å². The van der Waals surface area contributed by atoms with Crippen LogP contribution in [0.2, 0.25) is 0 Å². The fourth-order valence-corrected chi connectivity index (χ4v) is 0.175. The second-order valence-corrected chi connectivity index (χ2v) is 1.37. The molecule has 0 heterocycles. The molecule has 0 N–H and O–H groups in total. The van der Waals surface area contributed by atoms with Crippen LogP contribution in [-0.4, -0.2) is 12.8 Å². The molecule has 0 unspecified atom stereocenters. The highest BCUT2D eigenvalue weighted by Crippen LogP contribution is 2.19. The summed E-state index contributed by atoms with van der Waals surface area (Å²) in [6, 6.07) is 0. The van der Waals surface area contributed by atoms with Gasteiger partial charge in [-0.25, -0.2) is 13.2 Å². The molecular weight excluding hydrogens is 178 g/mol. The van der Waals surface area contributed by atoms with Crippen LogP contribution in [0.5, 0.6) is 0 Å². The first-order valence-corrected chi connectivity index (χ1v) is 2.21. The summed E-state index contributed by atoms with van der Waals surface area (Å²) in [5.74, 6) is -2.26. The molecule has 0 radical (unpaired) electrons. The van der Waals surface area contributed by atoms with Gasteiger partial charge >= 0.3 is 6.36 Å². The molecule has 0 aliphatic rings. The van der Waals surface area contributed by atoms with E-state index in [9.17, 15) is 26.3 Å². The Kier molecular flexibility index (Phi) is 3.21. The molecule has 0 aromatic heterocycles. The summed E-state index contributed by atoms with van der Waals surface area (Å²) in [6.07, 6.45) is -9.39. The Balaban J connectivity index is 3.93. The van der Waals surface area contributed by atoms with E-state index in [1.165, 1.54) is 0 Å². The molecular formula is C4H2F6O. The quantitative estimate of drug-likeness (QED) is 0.468. The molecule has 66 valence electrons. The van der Waals surface area contributed by atoms with Gasteiger partial charge in [0.1, 0.15) is 6.26 Å². The van der Waals surface area contributed by atoms with Crippen LogP contribution in [0.3, 0.4) is 0 Å². The lowest BCUT2D eigenvalue weighted by Crippen LogP contribution is -2.09. The van der Waals surface area contributed by atoms with Gasteiger partial charge in [-0.2, -0.15) is 0 Å². The van der Waals surface area contributed by atoms with E-state index >= 15 is 0 Å². The van der Waals surface area contributed by atoms with Gasteiger partial charge in [0, 0.05) is 0 Å². The monoisotopic (exact) mass is 180 g/mol. The first kappa shape index (κ1) is 10.1. The molecule has 0 aliphatic carbocycles. The second-order valence-electron chi connectivity index (χ2n) is 1.37. The lowest BCUT2D eigenvalue weighted by Gasteiger charge is -2.03. The maximum atomic E-state index is 11.5. The maximum absolute atomic E-state index is 11.5. The smallest absolute Gasteiger partial charge is 0.411 e. The Morgan fingerprint density at radius 1 is 1.27 bits per heavy atom. The van der Waals surface area contributed by atoms with Crippen molar-refractivity contribution >= 4 is 0 Å². The number of rotatable bonds is 2. The highest BCUT2D eigenvalue weighted by atomic mass is 19.4. The van der Waals surface area contributed by atoms with Crippen molar-refractivity contribution in [2.75, 3.05) is 0 Å². The minimum atomic E-state index is -5.13. The molecule has 0 aromatic rings. The summed E-state index contributed by atoms with van der Waals surface area (Å²) in [6.45, 7) is 0. The van der Waals surface area contributed by atoms with Crippen molar-refractivity contribution in [2.45, 2.75) is 12.8 Å². The Labute approximate surface area is 57.3 Å². The van der Waals surface area contributed by atoms with Crippen molar-refractivity contribution in [3.8, 4) is 0 Å². The average Bonchev–Trinajstić information content (AvgIpc) is 1.80. The number of ether oxygens (including phenoxy) is 1. The highest BCUT2D eigenvalue weighted by molar-refractivity contribution is 4.88. The zero-order valence-electron chi connectivity index (χ0n) is 4.83. The molecule has 0 aliphatic heterocycles. The summed E-state index contributed by atoms with van der Waals surface area (Å²) in [5, 5.41) is 0. The van der Waals surface area contributed by atoms with Crippen molar-refractivity contribution in [1.82, 2.24) is 0 Å². The molecule has 0 bridgehead atoms. The topological polar surface area (TPSA) is 9.23 Å². The van der Waals surface area contributed by atoms with E-state index in [1.807, 2.05) is 0 Å². The molecule has 0 fully saturated rings. The lowest BCUT2D eigenvalue weighted by molar-refractivity contribution is -0.299. The Hall–Kier alpha value is -0.880. The first-order chi connectivity index (χ1) is 4.83. The highest BCUT2D eigenvalue weighted by Gasteiger charge is 2.30. The van der Waals surface area contributed by atoms with Crippen molar-refractivity contribution in [2.24, 2.45) is 0 Å². The van der Waals surface area contributed by atoms with Crippen LogP contribution in [-0.2, 0) is 4.74 Å². The van der Waals surface area contributed by atoms with Crippen LogP contribution in [0.25, 0.3) is 0 Å². The molecule has 0 saturated carbocycles. The van der Waals surface area contributed by atoms with Crippen molar-refractivity contribution in [3.63, 3.8) is 0 Å². The minimum Gasteiger partial charge on any atom is -0.411 e. The summed E-state index contributed by atoms with van der Waals surface area (Å²) >= 11 is 0. The summed E-state index contributed by atoms with van der Waals surface area (Å²) in [4.78, 5) is 0. The summed E-state index contributed by atoms with van der Waals surface area (Å²) in [5.41, 5.74) is 0. The second kappa shape index (κ2) is 3.49. The number of alkyl halides is 5. The first-order valence-electron chi connectivity index (χ1n) is 2.21. The largest absolute Gasteiger partial charge is 0.572 e. The van der Waals surface area contributed by atoms with E-state index in [0.717, 1.165) is 0 Å². The SMILES string of the molecule is FC(=COC(F)(F)F)C(F)F. The van der Waals surface area contributed by atoms with Crippen LogP contribution >= 0.6 is 0 Å². The molecule has 0 aromatic carbocycles. The van der Waals surface area contributed by atoms with E-state index < -0.39 is 24.9 Å². The molecule has 7 heteroatoms. The normalized spacial score (nSPS) is 13.9. The molecule has 1 nitrogen and oxygen atoms in total. The van der Waals surface area contributed by atoms with Gasteiger partial charge in [-0.15, -0.1) is 13.2 Å². The van der Waals surface area contributed by atoms with Gasteiger partial charge in [-0.1, -0.05) is 0 Å². The minimum absolute atomic E-state index is 0.676. The number of hydrogen-bond acceptors (Lipinski definition) is 1. The summed E-state index contributed by atoms with van der Waals surface area (Å²) in [7, 11) is 0. The van der Waals surface area contributed by atoms with Crippen LogP contribution in [0.1, 0.15) is 0 Å². The van der Waals surface area contributed by atoms with Crippen LogP contribution in [0.4, 0.5) is 26.3 Å². The third-order valence-electron chi connectivity index (χ3n) is 0.514. The zero-order chi connectivity index (χ0) is 9.07. The van der Waals surface area contributed by atoms with Gasteiger partial charge in [0.05, 0.1) is 0 Å². The van der Waals surface area contributed by atoms with Crippen molar-refractivity contribution < 1.29 is 31.1 Å². The van der Waals surface area contributed by atoms with Crippen LogP contribution in [0.15, 0.2) is 12.1 Å². The van der Waals surface area contributed by atoms with E-state index in [1.54, 1.807) is 0 Å². The molecule has 0 saturated heterocycles. The van der Waals surface area contributed by atoms with Gasteiger partial charge in [0.15, 0.2) is 0 Å². The van der Waals surface area contributed by atoms with Crippen molar-refractivity contribution in [3.05, 3.63) is 12.1 Å². The van der Waals surface area contributed by atoms with Gasteiger partial charge < -0.3 is 4.74 Å². The fourth-order valence-electron chi connectivity index (χ4n) is 0.175. The van der Waals surface area contributed by atoms with E-state index in [4.69, 9.17) is 0 Å².